The Morgan fingerprint density at radius 3 is 2.73 bits per heavy atom. The van der Waals surface area contributed by atoms with Crippen molar-refractivity contribution < 1.29 is 22.7 Å². The van der Waals surface area contributed by atoms with E-state index in [4.69, 9.17) is 4.74 Å². The van der Waals surface area contributed by atoms with E-state index in [2.05, 4.69) is 10.6 Å². The number of methoxy groups -OCH3 is 1. The maximum Gasteiger partial charge on any atom is 0.237 e. The van der Waals surface area contributed by atoms with E-state index in [1.807, 2.05) is 25.1 Å². The number of fused-ring (bicyclic) bond motifs is 1. The summed E-state index contributed by atoms with van der Waals surface area (Å²) in [5.41, 5.74) is 1.43. The topological polar surface area (TPSA) is 102 Å². The molecule has 1 aliphatic rings. The lowest BCUT2D eigenvalue weighted by atomic mass is 10.2. The Morgan fingerprint density at radius 2 is 2.00 bits per heavy atom. The summed E-state index contributed by atoms with van der Waals surface area (Å²) < 4.78 is 30.7. The van der Waals surface area contributed by atoms with Gasteiger partial charge in [0, 0.05) is 23.4 Å². The molecule has 0 aromatic heterocycles. The van der Waals surface area contributed by atoms with Crippen LogP contribution in [-0.2, 0) is 26.0 Å². The van der Waals surface area contributed by atoms with E-state index >= 15 is 0 Å². The number of carbonyl (C=O) groups excluding carboxylic acids is 2. The monoisotopic (exact) mass is 448 g/mol. The summed E-state index contributed by atoms with van der Waals surface area (Å²) in [6.45, 7) is 2.17. The minimum absolute atomic E-state index is 0.0719. The number of benzene rings is 2. The number of sulfone groups is 1. The van der Waals surface area contributed by atoms with Crippen LogP contribution in [0.25, 0.3) is 0 Å². The molecule has 1 atom stereocenters. The van der Waals surface area contributed by atoms with Crippen LogP contribution in [0, 0.1) is 0 Å². The van der Waals surface area contributed by atoms with Gasteiger partial charge in [-0.3, -0.25) is 9.59 Å². The SMILES string of the molecule is CCC1Sc2cc(S(=O)(=O)CCC(=O)NCc3ccccc3OC)ccc2NC1=O. The van der Waals surface area contributed by atoms with Crippen molar-refractivity contribution in [2.45, 2.75) is 41.4 Å². The maximum atomic E-state index is 12.7. The van der Waals surface area contributed by atoms with E-state index in [-0.39, 0.29) is 40.7 Å². The Kier molecular flexibility index (Phi) is 7.04. The van der Waals surface area contributed by atoms with Gasteiger partial charge in [-0.25, -0.2) is 8.42 Å². The highest BCUT2D eigenvalue weighted by atomic mass is 32.2. The second kappa shape index (κ2) is 9.53. The number of para-hydroxylation sites is 1. The number of hydrogen-bond donors (Lipinski definition) is 2. The third kappa shape index (κ3) is 5.14. The zero-order valence-corrected chi connectivity index (χ0v) is 18.4. The van der Waals surface area contributed by atoms with Crippen LogP contribution in [0.5, 0.6) is 5.75 Å². The van der Waals surface area contributed by atoms with E-state index in [9.17, 15) is 18.0 Å². The second-order valence-electron chi connectivity index (χ2n) is 6.82. The van der Waals surface area contributed by atoms with E-state index in [1.54, 1.807) is 25.3 Å². The number of carbonyl (C=O) groups is 2. The number of nitrogens with one attached hydrogen (secondary N) is 2. The van der Waals surface area contributed by atoms with Crippen LogP contribution in [-0.4, -0.2) is 38.3 Å². The lowest BCUT2D eigenvalue weighted by Crippen LogP contribution is -2.28. The highest BCUT2D eigenvalue weighted by Gasteiger charge is 2.27. The van der Waals surface area contributed by atoms with E-state index in [1.165, 1.54) is 17.8 Å². The molecule has 0 spiro atoms. The van der Waals surface area contributed by atoms with Crippen molar-refractivity contribution in [3.8, 4) is 5.75 Å². The molecule has 2 N–H and O–H groups in total. The van der Waals surface area contributed by atoms with Crippen LogP contribution < -0.4 is 15.4 Å². The maximum absolute atomic E-state index is 12.7. The van der Waals surface area contributed by atoms with Gasteiger partial charge < -0.3 is 15.4 Å². The van der Waals surface area contributed by atoms with Crippen molar-refractivity contribution in [2.75, 3.05) is 18.2 Å². The van der Waals surface area contributed by atoms with Crippen LogP contribution in [0.3, 0.4) is 0 Å². The normalized spacial score (nSPS) is 15.8. The summed E-state index contributed by atoms with van der Waals surface area (Å²) in [7, 11) is -2.08. The number of ether oxygens (including phenoxy) is 1. The lowest BCUT2D eigenvalue weighted by molar-refractivity contribution is -0.121. The molecule has 7 nitrogen and oxygen atoms in total. The molecule has 30 heavy (non-hydrogen) atoms. The Morgan fingerprint density at radius 1 is 1.23 bits per heavy atom. The molecule has 0 saturated carbocycles. The minimum Gasteiger partial charge on any atom is -0.496 e. The summed E-state index contributed by atoms with van der Waals surface area (Å²) in [5, 5.41) is 5.29. The molecule has 2 aromatic rings. The van der Waals surface area contributed by atoms with Gasteiger partial charge in [0.1, 0.15) is 5.75 Å². The molecule has 2 aromatic carbocycles. The Balaban J connectivity index is 1.61. The summed E-state index contributed by atoms with van der Waals surface area (Å²) in [6.07, 6.45) is 0.509. The number of anilines is 1. The first-order valence-electron chi connectivity index (χ1n) is 9.57. The molecule has 0 fully saturated rings. The number of thioether (sulfide) groups is 1. The third-order valence-corrected chi connectivity index (χ3v) is 7.91. The number of rotatable bonds is 8. The van der Waals surface area contributed by atoms with Gasteiger partial charge in [-0.2, -0.15) is 0 Å². The van der Waals surface area contributed by atoms with Crippen LogP contribution in [0.2, 0.25) is 0 Å². The van der Waals surface area contributed by atoms with Gasteiger partial charge in [-0.05, 0) is 30.7 Å². The second-order valence-corrected chi connectivity index (χ2v) is 10.2. The molecular formula is C21H24N2O5S2. The van der Waals surface area contributed by atoms with Crippen molar-refractivity contribution >= 4 is 39.1 Å². The average molecular weight is 449 g/mol. The zero-order chi connectivity index (χ0) is 21.7. The molecule has 0 saturated heterocycles. The summed E-state index contributed by atoms with van der Waals surface area (Å²) in [6, 6.07) is 11.9. The van der Waals surface area contributed by atoms with Gasteiger partial charge in [0.2, 0.25) is 11.8 Å². The average Bonchev–Trinajstić information content (AvgIpc) is 2.75. The molecule has 3 rings (SSSR count). The largest absolute Gasteiger partial charge is 0.496 e. The predicted octanol–water partition coefficient (Wildman–Crippen LogP) is 3.00. The molecule has 1 aliphatic heterocycles. The smallest absolute Gasteiger partial charge is 0.237 e. The van der Waals surface area contributed by atoms with Gasteiger partial charge in [0.15, 0.2) is 9.84 Å². The van der Waals surface area contributed by atoms with Crippen molar-refractivity contribution in [2.24, 2.45) is 0 Å². The summed E-state index contributed by atoms with van der Waals surface area (Å²) in [5.74, 6) is -0.0560. The van der Waals surface area contributed by atoms with Gasteiger partial charge in [-0.15, -0.1) is 11.8 Å². The quantitative estimate of drug-likeness (QED) is 0.644. The Labute approximate surface area is 180 Å². The van der Waals surface area contributed by atoms with Gasteiger partial charge in [0.05, 0.1) is 28.7 Å². The fraction of sp³-hybridized carbons (Fsp3) is 0.333. The van der Waals surface area contributed by atoms with E-state index in [0.29, 0.717) is 17.9 Å². The molecule has 0 aliphatic carbocycles. The zero-order valence-electron chi connectivity index (χ0n) is 16.8. The Hall–Kier alpha value is -2.52. The van der Waals surface area contributed by atoms with Crippen LogP contribution >= 0.6 is 11.8 Å². The number of hydrogen-bond acceptors (Lipinski definition) is 6. The van der Waals surface area contributed by atoms with E-state index < -0.39 is 9.84 Å². The van der Waals surface area contributed by atoms with Crippen molar-refractivity contribution in [3.05, 3.63) is 48.0 Å². The van der Waals surface area contributed by atoms with Crippen LogP contribution in [0.4, 0.5) is 5.69 Å². The van der Waals surface area contributed by atoms with Gasteiger partial charge in [0.25, 0.3) is 0 Å². The molecule has 1 unspecified atom stereocenters. The molecule has 1 heterocycles. The first-order valence-corrected chi connectivity index (χ1v) is 12.1. The first kappa shape index (κ1) is 22.2. The van der Waals surface area contributed by atoms with Crippen molar-refractivity contribution in [1.82, 2.24) is 5.32 Å². The molecule has 9 heteroatoms. The first-order chi connectivity index (χ1) is 14.3. The highest BCUT2D eigenvalue weighted by Crippen LogP contribution is 2.38. The van der Waals surface area contributed by atoms with Crippen LogP contribution in [0.1, 0.15) is 25.3 Å². The number of amides is 2. The minimum atomic E-state index is -3.63. The van der Waals surface area contributed by atoms with Crippen LogP contribution in [0.15, 0.2) is 52.3 Å². The Bertz CT molecular complexity index is 1050. The lowest BCUT2D eigenvalue weighted by Gasteiger charge is -2.23. The summed E-state index contributed by atoms with van der Waals surface area (Å²) in [4.78, 5) is 25.0. The standard InChI is InChI=1S/C21H24N2O5S2/c1-3-18-21(25)23-16-9-8-15(12-19(16)29-18)30(26,27)11-10-20(24)22-13-14-6-4-5-7-17(14)28-2/h4-9,12,18H,3,10-11,13H2,1-2H3,(H,22,24)(H,23,25). The van der Waals surface area contributed by atoms with Crippen molar-refractivity contribution in [1.29, 1.82) is 0 Å². The highest BCUT2D eigenvalue weighted by molar-refractivity contribution is 8.01. The molecule has 0 bridgehead atoms. The predicted molar refractivity (Wildman–Crippen MR) is 117 cm³/mol. The van der Waals surface area contributed by atoms with E-state index in [0.717, 1.165) is 10.5 Å². The van der Waals surface area contributed by atoms with Gasteiger partial charge >= 0.3 is 0 Å². The molecule has 0 radical (unpaired) electrons. The molecule has 2 amide bonds. The fourth-order valence-electron chi connectivity index (χ4n) is 3.06. The van der Waals surface area contributed by atoms with Crippen molar-refractivity contribution in [3.63, 3.8) is 0 Å². The molecular weight excluding hydrogens is 424 g/mol. The third-order valence-electron chi connectivity index (χ3n) is 4.77. The summed E-state index contributed by atoms with van der Waals surface area (Å²) >= 11 is 1.36. The fourth-order valence-corrected chi connectivity index (χ4v) is 5.48. The van der Waals surface area contributed by atoms with Gasteiger partial charge in [-0.1, -0.05) is 25.1 Å². The molecule has 160 valence electrons.